The Labute approximate surface area is 149 Å². The van der Waals surface area contributed by atoms with Crippen LogP contribution in [0.25, 0.3) is 0 Å². The number of fused-ring (bicyclic) bond motifs is 1. The van der Waals surface area contributed by atoms with E-state index in [9.17, 15) is 4.79 Å². The zero-order chi connectivity index (χ0) is 17.2. The van der Waals surface area contributed by atoms with Crippen LogP contribution in [0.15, 0.2) is 36.5 Å². The summed E-state index contributed by atoms with van der Waals surface area (Å²) in [7, 11) is 0. The van der Waals surface area contributed by atoms with Crippen LogP contribution in [0.5, 0.6) is 0 Å². The third-order valence-corrected chi connectivity index (χ3v) is 5.53. The largest absolute Gasteiger partial charge is 0.365 e. The highest BCUT2D eigenvalue weighted by atomic mass is 16.2. The third-order valence-electron chi connectivity index (χ3n) is 5.53. The highest BCUT2D eigenvalue weighted by Crippen LogP contribution is 2.39. The predicted molar refractivity (Wildman–Crippen MR) is 98.6 cm³/mol. The van der Waals surface area contributed by atoms with Crippen molar-refractivity contribution in [3.8, 4) is 0 Å². The van der Waals surface area contributed by atoms with E-state index in [1.54, 1.807) is 0 Å². The second-order valence-corrected chi connectivity index (χ2v) is 7.05. The van der Waals surface area contributed by atoms with E-state index in [1.807, 2.05) is 11.1 Å². The number of aromatic nitrogens is 2. The monoisotopic (exact) mass is 338 g/mol. The quantitative estimate of drug-likeness (QED) is 0.813. The van der Waals surface area contributed by atoms with Gasteiger partial charge in [0.15, 0.2) is 0 Å². The van der Waals surface area contributed by atoms with Crippen molar-refractivity contribution in [2.45, 2.75) is 45.2 Å². The number of carbonyl (C=O) groups is 1. The lowest BCUT2D eigenvalue weighted by Gasteiger charge is -2.21. The number of rotatable bonds is 6. The minimum absolute atomic E-state index is 0.329. The molecular formula is C20H26N4O. The number of hydrogen-bond acceptors (Lipinski definition) is 3. The molecule has 5 heteroatoms. The van der Waals surface area contributed by atoms with Gasteiger partial charge in [-0.2, -0.15) is 5.10 Å². The maximum atomic E-state index is 11.9. The number of para-hydroxylation sites is 1. The molecule has 25 heavy (non-hydrogen) atoms. The van der Waals surface area contributed by atoms with E-state index in [2.05, 4.69) is 51.9 Å². The van der Waals surface area contributed by atoms with Gasteiger partial charge in [0.05, 0.1) is 12.2 Å². The maximum absolute atomic E-state index is 11.9. The molecule has 0 saturated carbocycles. The molecule has 2 aromatic rings. The highest BCUT2D eigenvalue weighted by molar-refractivity contribution is 5.78. The van der Waals surface area contributed by atoms with Crippen LogP contribution in [0.4, 0.5) is 5.69 Å². The number of hydrogen-bond donors (Lipinski definition) is 0. The summed E-state index contributed by atoms with van der Waals surface area (Å²) in [6, 6.07) is 10.8. The number of likely N-dealkylation sites (tertiary alicyclic amines) is 1. The third kappa shape index (κ3) is 3.15. The van der Waals surface area contributed by atoms with Crippen molar-refractivity contribution in [2.24, 2.45) is 0 Å². The predicted octanol–water partition coefficient (Wildman–Crippen LogP) is 3.02. The first-order valence-electron chi connectivity index (χ1n) is 9.38. The maximum Gasteiger partial charge on any atom is 0.222 e. The van der Waals surface area contributed by atoms with E-state index in [0.29, 0.717) is 11.8 Å². The first-order valence-corrected chi connectivity index (χ1v) is 9.38. The Bertz CT molecular complexity index is 754. The molecule has 2 aliphatic rings. The number of amides is 1. The van der Waals surface area contributed by atoms with Gasteiger partial charge in [-0.3, -0.25) is 9.48 Å². The van der Waals surface area contributed by atoms with E-state index in [1.165, 1.54) is 16.9 Å². The summed E-state index contributed by atoms with van der Waals surface area (Å²) in [5.74, 6) is 0.831. The number of benzene rings is 1. The summed E-state index contributed by atoms with van der Waals surface area (Å²) in [6.07, 6.45) is 4.69. The highest BCUT2D eigenvalue weighted by Gasteiger charge is 2.30. The average molecular weight is 338 g/mol. The van der Waals surface area contributed by atoms with Crippen molar-refractivity contribution in [3.63, 3.8) is 0 Å². The fourth-order valence-corrected chi connectivity index (χ4v) is 4.21. The first kappa shape index (κ1) is 16.2. The summed E-state index contributed by atoms with van der Waals surface area (Å²) in [6.45, 7) is 6.77. The van der Waals surface area contributed by atoms with Gasteiger partial charge in [-0.25, -0.2) is 0 Å². The van der Waals surface area contributed by atoms with Gasteiger partial charge >= 0.3 is 0 Å². The second-order valence-electron chi connectivity index (χ2n) is 7.05. The van der Waals surface area contributed by atoms with Crippen molar-refractivity contribution in [3.05, 3.63) is 47.8 Å². The van der Waals surface area contributed by atoms with Crippen LogP contribution in [0, 0.1) is 0 Å². The van der Waals surface area contributed by atoms with Gasteiger partial charge < -0.3 is 9.80 Å². The Balaban J connectivity index is 1.48. The number of anilines is 1. The Hall–Kier alpha value is -2.30. The van der Waals surface area contributed by atoms with Crippen LogP contribution in [0.1, 0.15) is 43.4 Å². The van der Waals surface area contributed by atoms with Gasteiger partial charge in [0.1, 0.15) is 0 Å². The number of carbonyl (C=O) groups excluding carboxylic acids is 1. The fraction of sp³-hybridized carbons (Fsp3) is 0.500. The summed E-state index contributed by atoms with van der Waals surface area (Å²) in [5, 5.41) is 4.39. The summed E-state index contributed by atoms with van der Waals surface area (Å²) in [4.78, 5) is 16.4. The molecule has 1 aromatic heterocycles. The molecule has 132 valence electrons. The normalized spacial score (nSPS) is 19.7. The molecule has 0 bridgehead atoms. The Morgan fingerprint density at radius 2 is 2.08 bits per heavy atom. The van der Waals surface area contributed by atoms with Crippen molar-refractivity contribution in [1.29, 1.82) is 0 Å². The zero-order valence-corrected chi connectivity index (χ0v) is 14.9. The van der Waals surface area contributed by atoms with Crippen LogP contribution >= 0.6 is 0 Å². The van der Waals surface area contributed by atoms with Crippen molar-refractivity contribution >= 4 is 11.6 Å². The molecule has 4 rings (SSSR count). The van der Waals surface area contributed by atoms with E-state index < -0.39 is 0 Å². The Morgan fingerprint density at radius 1 is 1.20 bits per heavy atom. The number of aryl methyl sites for hydroxylation is 1. The molecular weight excluding hydrogens is 312 g/mol. The van der Waals surface area contributed by atoms with E-state index in [0.717, 1.165) is 52.0 Å². The molecule has 0 N–H and O–H groups in total. The topological polar surface area (TPSA) is 41.4 Å². The van der Waals surface area contributed by atoms with E-state index in [4.69, 9.17) is 0 Å². The van der Waals surface area contributed by atoms with E-state index >= 15 is 0 Å². The Kier molecular flexibility index (Phi) is 4.47. The van der Waals surface area contributed by atoms with Gasteiger partial charge in [-0.05, 0) is 37.5 Å². The lowest BCUT2D eigenvalue weighted by molar-refractivity contribution is -0.127. The molecule has 1 fully saturated rings. The molecule has 1 amide bonds. The molecule has 2 aliphatic heterocycles. The van der Waals surface area contributed by atoms with Crippen LogP contribution in [0.2, 0.25) is 0 Å². The Morgan fingerprint density at radius 3 is 2.88 bits per heavy atom. The minimum atomic E-state index is 0.329. The van der Waals surface area contributed by atoms with Crippen molar-refractivity contribution in [2.75, 3.05) is 24.5 Å². The molecule has 0 radical (unpaired) electrons. The van der Waals surface area contributed by atoms with Crippen molar-refractivity contribution in [1.82, 2.24) is 14.7 Å². The average Bonchev–Trinajstić information content (AvgIpc) is 3.33. The molecule has 0 unspecified atom stereocenters. The number of nitrogens with zero attached hydrogens (tertiary/aromatic N) is 4. The van der Waals surface area contributed by atoms with Crippen molar-refractivity contribution < 1.29 is 4.79 Å². The molecule has 3 heterocycles. The molecule has 1 atom stereocenters. The SMILES string of the molecule is CCn1nccc1CN1C[C@@H](CCN2CCCC2=O)c2ccccc21. The smallest absolute Gasteiger partial charge is 0.222 e. The van der Waals surface area contributed by atoms with Crippen LogP contribution < -0.4 is 4.90 Å². The van der Waals surface area contributed by atoms with Gasteiger partial charge in [-0.15, -0.1) is 0 Å². The molecule has 0 spiro atoms. The van der Waals surface area contributed by atoms with Crippen LogP contribution in [-0.4, -0.2) is 40.2 Å². The summed E-state index contributed by atoms with van der Waals surface area (Å²) >= 11 is 0. The second kappa shape index (κ2) is 6.90. The van der Waals surface area contributed by atoms with Crippen LogP contribution in [0.3, 0.4) is 0 Å². The molecule has 1 aromatic carbocycles. The zero-order valence-electron chi connectivity index (χ0n) is 14.9. The standard InChI is InChI=1S/C20H26N4O/c1-2-24-17(9-11-21-24)15-23-14-16(18-6-3-4-7-19(18)23)10-13-22-12-5-8-20(22)25/h3-4,6-7,9,11,16H,2,5,8,10,12-15H2,1H3/t16-/m1/s1. The minimum Gasteiger partial charge on any atom is -0.365 e. The van der Waals surface area contributed by atoms with Gasteiger partial charge in [0.2, 0.25) is 5.91 Å². The molecule has 0 aliphatic carbocycles. The fourth-order valence-electron chi connectivity index (χ4n) is 4.21. The van der Waals surface area contributed by atoms with Gasteiger partial charge in [-0.1, -0.05) is 18.2 Å². The summed E-state index contributed by atoms with van der Waals surface area (Å²) in [5.41, 5.74) is 4.02. The van der Waals surface area contributed by atoms with Crippen LogP contribution in [-0.2, 0) is 17.9 Å². The van der Waals surface area contributed by atoms with Gasteiger partial charge in [0, 0.05) is 50.4 Å². The molecule has 5 nitrogen and oxygen atoms in total. The first-order chi connectivity index (χ1) is 12.3. The van der Waals surface area contributed by atoms with Gasteiger partial charge in [0.25, 0.3) is 0 Å². The van der Waals surface area contributed by atoms with E-state index in [-0.39, 0.29) is 0 Å². The lowest BCUT2D eigenvalue weighted by Crippen LogP contribution is -2.28. The lowest BCUT2D eigenvalue weighted by atomic mass is 9.98. The molecule has 1 saturated heterocycles. The summed E-state index contributed by atoms with van der Waals surface area (Å²) < 4.78 is 2.07.